The molecular weight excluding hydrogens is 244 g/mol. The average molecular weight is 270 g/mol. The van der Waals surface area contributed by atoms with Crippen LogP contribution < -0.4 is 0 Å². The highest BCUT2D eigenvalue weighted by molar-refractivity contribution is 7.05. The van der Waals surface area contributed by atoms with Crippen molar-refractivity contribution >= 4 is 11.5 Å². The van der Waals surface area contributed by atoms with Crippen molar-refractivity contribution in [3.63, 3.8) is 0 Å². The van der Waals surface area contributed by atoms with Gasteiger partial charge in [-0.1, -0.05) is 57.4 Å². The van der Waals surface area contributed by atoms with Crippen molar-refractivity contribution in [1.29, 1.82) is 0 Å². The first kappa shape index (κ1) is 15.6. The third-order valence-corrected chi connectivity index (χ3v) is 4.34. The number of hydrogen-bond acceptors (Lipinski definition) is 4. The SMILES string of the molecule is CCCCC(CC)CC(O)c1snnc1CCC. The second-order valence-corrected chi connectivity index (χ2v) is 5.79. The van der Waals surface area contributed by atoms with Gasteiger partial charge in [0.25, 0.3) is 0 Å². The lowest BCUT2D eigenvalue weighted by Gasteiger charge is -2.18. The van der Waals surface area contributed by atoms with Gasteiger partial charge in [-0.05, 0) is 30.3 Å². The lowest BCUT2D eigenvalue weighted by Crippen LogP contribution is -2.07. The van der Waals surface area contributed by atoms with Gasteiger partial charge in [0.15, 0.2) is 0 Å². The average Bonchev–Trinajstić information content (AvgIpc) is 2.83. The Bertz CT molecular complexity index is 327. The van der Waals surface area contributed by atoms with E-state index in [0.29, 0.717) is 5.92 Å². The van der Waals surface area contributed by atoms with Crippen LogP contribution in [0.5, 0.6) is 0 Å². The first-order chi connectivity index (χ1) is 8.72. The maximum atomic E-state index is 10.3. The Morgan fingerprint density at radius 3 is 2.61 bits per heavy atom. The maximum absolute atomic E-state index is 10.3. The fourth-order valence-electron chi connectivity index (χ4n) is 2.28. The van der Waals surface area contributed by atoms with Crippen LogP contribution in [0.2, 0.25) is 0 Å². The summed E-state index contributed by atoms with van der Waals surface area (Å²) >= 11 is 1.36. The summed E-state index contributed by atoms with van der Waals surface area (Å²) in [5.74, 6) is 0.622. The van der Waals surface area contributed by atoms with Crippen molar-refractivity contribution in [3.8, 4) is 0 Å². The molecule has 3 nitrogen and oxygen atoms in total. The first-order valence-electron chi connectivity index (χ1n) is 7.22. The normalized spacial score (nSPS) is 14.7. The minimum atomic E-state index is -0.367. The molecule has 0 fully saturated rings. The summed E-state index contributed by atoms with van der Waals surface area (Å²) in [7, 11) is 0. The van der Waals surface area contributed by atoms with E-state index in [1.165, 1.54) is 30.8 Å². The van der Waals surface area contributed by atoms with Crippen molar-refractivity contribution in [2.75, 3.05) is 0 Å². The highest BCUT2D eigenvalue weighted by atomic mass is 32.1. The van der Waals surface area contributed by atoms with E-state index in [1.807, 2.05) is 0 Å². The quantitative estimate of drug-likeness (QED) is 0.734. The number of hydrogen-bond donors (Lipinski definition) is 1. The van der Waals surface area contributed by atoms with E-state index in [9.17, 15) is 5.11 Å². The first-order valence-corrected chi connectivity index (χ1v) is 7.99. The molecule has 0 aromatic carbocycles. The molecule has 1 aromatic rings. The second kappa shape index (κ2) is 8.59. The summed E-state index contributed by atoms with van der Waals surface area (Å²) < 4.78 is 3.99. The Kier molecular flexibility index (Phi) is 7.44. The van der Waals surface area contributed by atoms with E-state index in [1.54, 1.807) is 0 Å². The zero-order chi connectivity index (χ0) is 13.4. The zero-order valence-corrected chi connectivity index (χ0v) is 12.7. The number of aryl methyl sites for hydroxylation is 1. The molecule has 0 amide bonds. The van der Waals surface area contributed by atoms with Crippen molar-refractivity contribution in [2.24, 2.45) is 5.92 Å². The molecule has 1 aromatic heterocycles. The minimum Gasteiger partial charge on any atom is -0.387 e. The summed E-state index contributed by atoms with van der Waals surface area (Å²) in [6.45, 7) is 6.56. The van der Waals surface area contributed by atoms with E-state index in [0.717, 1.165) is 36.3 Å². The molecule has 0 saturated carbocycles. The molecule has 18 heavy (non-hydrogen) atoms. The van der Waals surface area contributed by atoms with Crippen LogP contribution in [0.15, 0.2) is 0 Å². The van der Waals surface area contributed by atoms with Crippen molar-refractivity contribution < 1.29 is 5.11 Å². The smallest absolute Gasteiger partial charge is 0.0919 e. The Morgan fingerprint density at radius 1 is 1.22 bits per heavy atom. The molecule has 1 rings (SSSR count). The second-order valence-electron chi connectivity index (χ2n) is 5.00. The van der Waals surface area contributed by atoms with Crippen molar-refractivity contribution in [1.82, 2.24) is 9.59 Å². The molecule has 2 unspecified atom stereocenters. The molecular formula is C14H26N2OS. The molecule has 0 aliphatic rings. The molecule has 0 aliphatic carbocycles. The number of nitrogens with zero attached hydrogens (tertiary/aromatic N) is 2. The van der Waals surface area contributed by atoms with Gasteiger partial charge < -0.3 is 5.11 Å². The number of aliphatic hydroxyl groups excluding tert-OH is 1. The molecule has 1 heterocycles. The van der Waals surface area contributed by atoms with Gasteiger partial charge in [0.2, 0.25) is 0 Å². The van der Waals surface area contributed by atoms with Gasteiger partial charge in [-0.3, -0.25) is 0 Å². The Morgan fingerprint density at radius 2 is 2.00 bits per heavy atom. The predicted octanol–water partition coefficient (Wildman–Crippen LogP) is 4.13. The summed E-state index contributed by atoms with van der Waals surface area (Å²) in [4.78, 5) is 0.992. The van der Waals surface area contributed by atoms with Crippen LogP contribution >= 0.6 is 11.5 Å². The molecule has 0 aliphatic heterocycles. The molecule has 0 radical (unpaired) electrons. The zero-order valence-electron chi connectivity index (χ0n) is 11.9. The number of unbranched alkanes of at least 4 members (excludes halogenated alkanes) is 1. The van der Waals surface area contributed by atoms with E-state index in [-0.39, 0.29) is 6.10 Å². The molecule has 0 spiro atoms. The third kappa shape index (κ3) is 4.65. The summed E-state index contributed by atoms with van der Waals surface area (Å²) in [6.07, 6.45) is 7.33. The fraction of sp³-hybridized carbons (Fsp3) is 0.857. The molecule has 4 heteroatoms. The summed E-state index contributed by atoms with van der Waals surface area (Å²) in [6, 6.07) is 0. The summed E-state index contributed by atoms with van der Waals surface area (Å²) in [5.41, 5.74) is 1.00. The molecule has 104 valence electrons. The Balaban J connectivity index is 2.56. The number of rotatable bonds is 9. The highest BCUT2D eigenvalue weighted by Crippen LogP contribution is 2.30. The predicted molar refractivity (Wildman–Crippen MR) is 76.8 cm³/mol. The van der Waals surface area contributed by atoms with Gasteiger partial charge >= 0.3 is 0 Å². The molecule has 2 atom stereocenters. The van der Waals surface area contributed by atoms with Crippen molar-refractivity contribution in [3.05, 3.63) is 10.6 Å². The largest absolute Gasteiger partial charge is 0.387 e. The van der Waals surface area contributed by atoms with Gasteiger partial charge in [-0.25, -0.2) is 0 Å². The molecule has 1 N–H and O–H groups in total. The van der Waals surface area contributed by atoms with Crippen LogP contribution in [0.25, 0.3) is 0 Å². The molecule has 0 bridgehead atoms. The Labute approximate surface area is 115 Å². The van der Waals surface area contributed by atoms with Gasteiger partial charge in [0.05, 0.1) is 16.7 Å². The fourth-order valence-corrected chi connectivity index (χ4v) is 2.98. The van der Waals surface area contributed by atoms with E-state index in [4.69, 9.17) is 0 Å². The monoisotopic (exact) mass is 270 g/mol. The van der Waals surface area contributed by atoms with E-state index in [2.05, 4.69) is 30.4 Å². The van der Waals surface area contributed by atoms with Gasteiger partial charge in [0, 0.05) is 0 Å². The van der Waals surface area contributed by atoms with E-state index >= 15 is 0 Å². The topological polar surface area (TPSA) is 46.0 Å². The van der Waals surface area contributed by atoms with Gasteiger partial charge in [-0.2, -0.15) is 0 Å². The van der Waals surface area contributed by atoms with Crippen LogP contribution in [0.1, 0.15) is 76.0 Å². The van der Waals surface area contributed by atoms with Gasteiger partial charge in [-0.15, -0.1) is 5.10 Å². The highest BCUT2D eigenvalue weighted by Gasteiger charge is 2.19. The third-order valence-electron chi connectivity index (χ3n) is 3.47. The number of aromatic nitrogens is 2. The van der Waals surface area contributed by atoms with Crippen LogP contribution in [0, 0.1) is 5.92 Å². The van der Waals surface area contributed by atoms with Crippen LogP contribution in [-0.4, -0.2) is 14.7 Å². The van der Waals surface area contributed by atoms with Crippen LogP contribution in [0.4, 0.5) is 0 Å². The van der Waals surface area contributed by atoms with E-state index < -0.39 is 0 Å². The lowest BCUT2D eigenvalue weighted by molar-refractivity contribution is 0.141. The standard InChI is InChI=1S/C14H26N2OS/c1-4-7-9-11(6-3)10-13(17)14-12(8-5-2)15-16-18-14/h11,13,17H,4-10H2,1-3H3. The molecule has 0 saturated heterocycles. The van der Waals surface area contributed by atoms with Crippen LogP contribution in [-0.2, 0) is 6.42 Å². The maximum Gasteiger partial charge on any atom is 0.0919 e. The minimum absolute atomic E-state index is 0.367. The van der Waals surface area contributed by atoms with Gasteiger partial charge in [0.1, 0.15) is 0 Å². The number of aliphatic hydroxyl groups is 1. The van der Waals surface area contributed by atoms with Crippen LogP contribution in [0.3, 0.4) is 0 Å². The Hall–Kier alpha value is -0.480. The summed E-state index contributed by atoms with van der Waals surface area (Å²) in [5, 5.41) is 14.5. The lowest BCUT2D eigenvalue weighted by atomic mass is 9.92. The van der Waals surface area contributed by atoms with Crippen molar-refractivity contribution in [2.45, 2.75) is 71.8 Å².